The third kappa shape index (κ3) is 3.79. The number of imidazole rings is 1. The van der Waals surface area contributed by atoms with Gasteiger partial charge < -0.3 is 10.3 Å². The summed E-state index contributed by atoms with van der Waals surface area (Å²) in [6.45, 7) is 1.61. The molecule has 3 aromatic rings. The molecule has 0 bridgehead atoms. The Balaban J connectivity index is 2.02. The Morgan fingerprint density at radius 3 is 2.92 bits per heavy atom. The maximum absolute atomic E-state index is 13.3. The van der Waals surface area contributed by atoms with Crippen LogP contribution in [0.15, 0.2) is 35.5 Å². The summed E-state index contributed by atoms with van der Waals surface area (Å²) in [5.74, 6) is -0.162. The highest BCUT2D eigenvalue weighted by Crippen LogP contribution is 2.23. The van der Waals surface area contributed by atoms with Crippen LogP contribution < -0.4 is 10.8 Å². The standard InChI is InChI=1S/C16H14ClFN6O2/c1-8(25)20-7-13-22-14-10(4-5-19-16(14)23-13)15(24-26)21-9-2-3-12(18)11(17)6-9/h2-6,26H,7H2,1H3,(H,20,25)(H,21,24)(H,19,22,23). The van der Waals surface area contributed by atoms with Gasteiger partial charge in [0.25, 0.3) is 0 Å². The molecule has 0 aliphatic rings. The highest BCUT2D eigenvalue weighted by Gasteiger charge is 2.13. The number of amides is 1. The van der Waals surface area contributed by atoms with Gasteiger partial charge >= 0.3 is 0 Å². The Labute approximate surface area is 152 Å². The molecule has 0 spiro atoms. The quantitative estimate of drug-likeness (QED) is 0.317. The van der Waals surface area contributed by atoms with Crippen LogP contribution in [0.2, 0.25) is 5.02 Å². The van der Waals surface area contributed by atoms with E-state index >= 15 is 0 Å². The van der Waals surface area contributed by atoms with Gasteiger partial charge in [0.1, 0.15) is 11.6 Å². The van der Waals surface area contributed by atoms with Gasteiger partial charge in [-0.2, -0.15) is 0 Å². The van der Waals surface area contributed by atoms with E-state index in [1.165, 1.54) is 31.3 Å². The number of hydroxylamine groups is 1. The molecule has 0 fully saturated rings. The minimum Gasteiger partial charge on any atom is -0.349 e. The normalized spacial score (nSPS) is 11.6. The Kier molecular flexibility index (Phi) is 5.10. The van der Waals surface area contributed by atoms with Gasteiger partial charge in [0, 0.05) is 18.7 Å². The number of amidine groups is 1. The van der Waals surface area contributed by atoms with E-state index in [-0.39, 0.29) is 23.3 Å². The summed E-state index contributed by atoms with van der Waals surface area (Å²) in [5.41, 5.74) is 3.76. The van der Waals surface area contributed by atoms with Crippen LogP contribution in [0.1, 0.15) is 18.3 Å². The number of carbonyl (C=O) groups excluding carboxylic acids is 1. The zero-order chi connectivity index (χ0) is 18.7. The summed E-state index contributed by atoms with van der Waals surface area (Å²) in [6, 6.07) is 5.56. The van der Waals surface area contributed by atoms with Gasteiger partial charge in [0.15, 0.2) is 11.5 Å². The van der Waals surface area contributed by atoms with E-state index in [9.17, 15) is 14.4 Å². The zero-order valence-corrected chi connectivity index (χ0v) is 14.3. The first-order valence-corrected chi connectivity index (χ1v) is 7.88. The number of halogens is 2. The number of H-pyrrole nitrogens is 1. The smallest absolute Gasteiger partial charge is 0.217 e. The number of hydrogen-bond acceptors (Lipinski definition) is 5. The first-order chi connectivity index (χ1) is 12.5. The topological polar surface area (TPSA) is 115 Å². The van der Waals surface area contributed by atoms with E-state index in [0.29, 0.717) is 28.2 Å². The number of rotatable bonds is 4. The van der Waals surface area contributed by atoms with Crippen LogP contribution in [0, 0.1) is 5.82 Å². The molecule has 8 nitrogen and oxygen atoms in total. The molecule has 0 unspecified atom stereocenters. The van der Waals surface area contributed by atoms with Crippen LogP contribution in [-0.4, -0.2) is 31.9 Å². The molecule has 26 heavy (non-hydrogen) atoms. The monoisotopic (exact) mass is 376 g/mol. The van der Waals surface area contributed by atoms with Gasteiger partial charge in [-0.15, -0.1) is 0 Å². The lowest BCUT2D eigenvalue weighted by molar-refractivity contribution is -0.119. The average Bonchev–Trinajstić information content (AvgIpc) is 3.04. The van der Waals surface area contributed by atoms with Crippen LogP contribution in [-0.2, 0) is 11.3 Å². The summed E-state index contributed by atoms with van der Waals surface area (Å²) in [7, 11) is 0. The van der Waals surface area contributed by atoms with Gasteiger partial charge in [-0.3, -0.25) is 15.5 Å². The maximum Gasteiger partial charge on any atom is 0.217 e. The molecule has 134 valence electrons. The lowest BCUT2D eigenvalue weighted by Crippen LogP contribution is -2.20. The summed E-state index contributed by atoms with van der Waals surface area (Å²) < 4.78 is 13.3. The lowest BCUT2D eigenvalue weighted by atomic mass is 10.2. The SMILES string of the molecule is CC(=O)NCc1nc2nccc(C(=Nc3ccc(F)c(Cl)c3)NO)c2[nH]1. The molecule has 0 saturated heterocycles. The van der Waals surface area contributed by atoms with Crippen molar-refractivity contribution in [3.8, 4) is 0 Å². The highest BCUT2D eigenvalue weighted by atomic mass is 35.5. The molecule has 0 aliphatic heterocycles. The molecule has 0 saturated carbocycles. The van der Waals surface area contributed by atoms with Gasteiger partial charge in [-0.25, -0.2) is 19.4 Å². The molecule has 0 radical (unpaired) electrons. The number of aliphatic imine (C=N–C) groups is 1. The Morgan fingerprint density at radius 1 is 1.42 bits per heavy atom. The summed E-state index contributed by atoms with van der Waals surface area (Å²) >= 11 is 5.76. The van der Waals surface area contributed by atoms with Crippen LogP contribution in [0.5, 0.6) is 0 Å². The molecule has 4 N–H and O–H groups in total. The molecule has 1 aromatic carbocycles. The average molecular weight is 377 g/mol. The minimum absolute atomic E-state index is 0.0810. The molecule has 0 aliphatic carbocycles. The van der Waals surface area contributed by atoms with Gasteiger partial charge in [0.05, 0.1) is 22.8 Å². The second-order valence-corrected chi connectivity index (χ2v) is 5.73. The maximum atomic E-state index is 13.3. The number of benzene rings is 1. The van der Waals surface area contributed by atoms with Crippen molar-refractivity contribution >= 4 is 40.2 Å². The number of nitrogens with zero attached hydrogens (tertiary/aromatic N) is 3. The Morgan fingerprint density at radius 2 is 2.23 bits per heavy atom. The lowest BCUT2D eigenvalue weighted by Gasteiger charge is -2.06. The van der Waals surface area contributed by atoms with Gasteiger partial charge in [0.2, 0.25) is 5.91 Å². The van der Waals surface area contributed by atoms with Crippen molar-refractivity contribution < 1.29 is 14.4 Å². The molecule has 1 amide bonds. The number of carbonyl (C=O) groups is 1. The number of pyridine rings is 1. The van der Waals surface area contributed by atoms with Crippen molar-refractivity contribution in [3.63, 3.8) is 0 Å². The second-order valence-electron chi connectivity index (χ2n) is 5.32. The highest BCUT2D eigenvalue weighted by molar-refractivity contribution is 6.31. The van der Waals surface area contributed by atoms with E-state index in [2.05, 4.69) is 25.3 Å². The number of nitrogens with one attached hydrogen (secondary N) is 3. The van der Waals surface area contributed by atoms with Crippen molar-refractivity contribution in [3.05, 3.63) is 52.7 Å². The second kappa shape index (κ2) is 7.46. The molecule has 3 rings (SSSR count). The van der Waals surface area contributed by atoms with E-state index in [1.54, 1.807) is 6.07 Å². The first-order valence-electron chi connectivity index (χ1n) is 7.50. The van der Waals surface area contributed by atoms with Crippen molar-refractivity contribution in [2.45, 2.75) is 13.5 Å². The first kappa shape index (κ1) is 17.8. The van der Waals surface area contributed by atoms with E-state index in [1.807, 2.05) is 5.48 Å². The summed E-state index contributed by atoms with van der Waals surface area (Å²) in [4.78, 5) is 26.7. The van der Waals surface area contributed by atoms with Crippen LogP contribution in [0.25, 0.3) is 11.2 Å². The predicted octanol–water partition coefficient (Wildman–Crippen LogP) is 2.44. The van der Waals surface area contributed by atoms with E-state index < -0.39 is 5.82 Å². The fourth-order valence-corrected chi connectivity index (χ4v) is 2.45. The van der Waals surface area contributed by atoms with Crippen molar-refractivity contribution in [2.75, 3.05) is 0 Å². The van der Waals surface area contributed by atoms with Gasteiger partial charge in [-0.05, 0) is 24.3 Å². The van der Waals surface area contributed by atoms with Crippen LogP contribution >= 0.6 is 11.6 Å². The Bertz CT molecular complexity index is 1000. The fraction of sp³-hybridized carbons (Fsp3) is 0.125. The number of fused-ring (bicyclic) bond motifs is 1. The fourth-order valence-electron chi connectivity index (χ4n) is 2.28. The van der Waals surface area contributed by atoms with Crippen molar-refractivity contribution in [1.29, 1.82) is 0 Å². The van der Waals surface area contributed by atoms with Crippen molar-refractivity contribution in [2.24, 2.45) is 4.99 Å². The van der Waals surface area contributed by atoms with Crippen LogP contribution in [0.3, 0.4) is 0 Å². The molecule has 2 heterocycles. The molecular weight excluding hydrogens is 363 g/mol. The predicted molar refractivity (Wildman–Crippen MR) is 93.9 cm³/mol. The van der Waals surface area contributed by atoms with E-state index in [0.717, 1.165) is 0 Å². The Hall–Kier alpha value is -3.04. The number of hydrogen-bond donors (Lipinski definition) is 4. The van der Waals surface area contributed by atoms with Gasteiger partial charge in [-0.1, -0.05) is 11.6 Å². The largest absolute Gasteiger partial charge is 0.349 e. The zero-order valence-electron chi connectivity index (χ0n) is 13.5. The van der Waals surface area contributed by atoms with Crippen LogP contribution in [0.4, 0.5) is 10.1 Å². The minimum atomic E-state index is -0.563. The van der Waals surface area contributed by atoms with Crippen molar-refractivity contribution in [1.82, 2.24) is 25.7 Å². The summed E-state index contributed by atoms with van der Waals surface area (Å²) in [6.07, 6.45) is 1.51. The molecular formula is C16H14ClFN6O2. The molecule has 0 atom stereocenters. The molecule has 10 heteroatoms. The third-order valence-electron chi connectivity index (χ3n) is 3.45. The summed E-state index contributed by atoms with van der Waals surface area (Å²) in [5, 5.41) is 12.1. The number of aromatic nitrogens is 3. The molecule has 2 aromatic heterocycles. The van der Waals surface area contributed by atoms with E-state index in [4.69, 9.17) is 11.6 Å². The third-order valence-corrected chi connectivity index (χ3v) is 3.74. The number of aromatic amines is 1.